The Hall–Kier alpha value is -1.09. The fourth-order valence-corrected chi connectivity index (χ4v) is 3.45. The molecule has 20 heavy (non-hydrogen) atoms. The lowest BCUT2D eigenvalue weighted by molar-refractivity contribution is 0.344. The molecule has 3 unspecified atom stereocenters. The number of nitrogens with zero attached hydrogens (tertiary/aromatic N) is 1. The van der Waals surface area contributed by atoms with E-state index in [-0.39, 0.29) is 0 Å². The fraction of sp³-hybridized carbons (Fsp3) is 0.706. The van der Waals surface area contributed by atoms with Gasteiger partial charge in [-0.05, 0) is 55.7 Å². The molecule has 3 atom stereocenters. The number of aromatic nitrogens is 1. The highest BCUT2D eigenvalue weighted by molar-refractivity contribution is 5.39. The van der Waals surface area contributed by atoms with Gasteiger partial charge in [-0.3, -0.25) is 0 Å². The summed E-state index contributed by atoms with van der Waals surface area (Å²) in [5.41, 5.74) is 7.21. The lowest BCUT2D eigenvalue weighted by Crippen LogP contribution is -2.38. The van der Waals surface area contributed by atoms with Crippen LogP contribution in [0, 0.1) is 11.8 Å². The van der Waals surface area contributed by atoms with E-state index >= 15 is 0 Å². The van der Waals surface area contributed by atoms with Crippen molar-refractivity contribution in [3.05, 3.63) is 23.9 Å². The largest absolute Gasteiger partial charge is 0.383 e. The normalized spacial score (nSPS) is 23.9. The topological polar surface area (TPSA) is 50.9 Å². The summed E-state index contributed by atoms with van der Waals surface area (Å²) >= 11 is 0. The fourth-order valence-electron chi connectivity index (χ4n) is 3.45. The summed E-state index contributed by atoms with van der Waals surface area (Å²) < 4.78 is 0. The smallest absolute Gasteiger partial charge is 0.126 e. The second-order valence-electron chi connectivity index (χ2n) is 6.16. The first-order chi connectivity index (χ1) is 9.74. The van der Waals surface area contributed by atoms with Gasteiger partial charge in [0.05, 0.1) is 0 Å². The van der Waals surface area contributed by atoms with E-state index in [1.807, 2.05) is 6.07 Å². The van der Waals surface area contributed by atoms with Crippen LogP contribution in [-0.4, -0.2) is 17.6 Å². The number of pyridine rings is 1. The Morgan fingerprint density at radius 3 is 2.90 bits per heavy atom. The van der Waals surface area contributed by atoms with Crippen LogP contribution in [0.15, 0.2) is 18.3 Å². The Morgan fingerprint density at radius 2 is 2.25 bits per heavy atom. The molecule has 3 heteroatoms. The predicted molar refractivity (Wildman–Crippen MR) is 85.6 cm³/mol. The first-order valence-corrected chi connectivity index (χ1v) is 8.17. The molecule has 1 aromatic heterocycles. The van der Waals surface area contributed by atoms with Crippen molar-refractivity contribution in [1.82, 2.24) is 10.3 Å². The Morgan fingerprint density at radius 1 is 1.40 bits per heavy atom. The highest BCUT2D eigenvalue weighted by Crippen LogP contribution is 2.36. The molecule has 0 amide bonds. The number of hydrogen-bond donors (Lipinski definition) is 2. The zero-order valence-corrected chi connectivity index (χ0v) is 12.9. The van der Waals surface area contributed by atoms with E-state index in [9.17, 15) is 0 Å². The second-order valence-corrected chi connectivity index (χ2v) is 6.16. The molecular formula is C17H29N3. The minimum Gasteiger partial charge on any atom is -0.383 e. The van der Waals surface area contributed by atoms with Crippen LogP contribution >= 0.6 is 0 Å². The summed E-state index contributed by atoms with van der Waals surface area (Å²) in [6.07, 6.45) is 9.43. The number of nitrogens with two attached hydrogens (primary N) is 1. The Balaban J connectivity index is 2.02. The van der Waals surface area contributed by atoms with Gasteiger partial charge in [0.25, 0.3) is 0 Å². The lowest BCUT2D eigenvalue weighted by atomic mass is 9.91. The van der Waals surface area contributed by atoms with E-state index in [4.69, 9.17) is 5.73 Å². The number of nitrogens with one attached hydrogen (secondary N) is 1. The van der Waals surface area contributed by atoms with Gasteiger partial charge in [0.1, 0.15) is 5.82 Å². The third-order valence-electron chi connectivity index (χ3n) is 4.75. The van der Waals surface area contributed by atoms with E-state index in [0.717, 1.165) is 24.8 Å². The first kappa shape index (κ1) is 15.3. The van der Waals surface area contributed by atoms with Crippen LogP contribution < -0.4 is 11.1 Å². The summed E-state index contributed by atoms with van der Waals surface area (Å²) in [4.78, 5) is 4.22. The maximum atomic E-state index is 6.01. The van der Waals surface area contributed by atoms with Crippen LogP contribution in [0.25, 0.3) is 0 Å². The number of nitrogen functional groups attached to an aromatic ring is 1. The number of rotatable bonds is 7. The molecule has 2 rings (SSSR count). The van der Waals surface area contributed by atoms with Crippen LogP contribution in [0.3, 0.4) is 0 Å². The van der Waals surface area contributed by atoms with Crippen molar-refractivity contribution in [2.75, 3.05) is 12.3 Å². The maximum Gasteiger partial charge on any atom is 0.126 e. The van der Waals surface area contributed by atoms with Gasteiger partial charge in [0.2, 0.25) is 0 Å². The van der Waals surface area contributed by atoms with Crippen molar-refractivity contribution in [3.8, 4) is 0 Å². The Kier molecular flexibility index (Phi) is 5.84. The molecule has 3 nitrogen and oxygen atoms in total. The van der Waals surface area contributed by atoms with Crippen molar-refractivity contribution >= 4 is 5.82 Å². The average Bonchev–Trinajstić information content (AvgIpc) is 2.94. The third-order valence-corrected chi connectivity index (χ3v) is 4.75. The van der Waals surface area contributed by atoms with Gasteiger partial charge in [-0.1, -0.05) is 32.8 Å². The average molecular weight is 275 g/mol. The van der Waals surface area contributed by atoms with Crippen LogP contribution in [0.5, 0.6) is 0 Å². The van der Waals surface area contributed by atoms with Crippen molar-refractivity contribution in [2.24, 2.45) is 11.8 Å². The zero-order valence-electron chi connectivity index (χ0n) is 12.9. The highest BCUT2D eigenvalue weighted by atomic mass is 14.9. The van der Waals surface area contributed by atoms with Gasteiger partial charge in [-0.15, -0.1) is 0 Å². The van der Waals surface area contributed by atoms with Gasteiger partial charge in [0, 0.05) is 12.2 Å². The van der Waals surface area contributed by atoms with Crippen molar-refractivity contribution in [1.29, 1.82) is 0 Å². The molecule has 1 aromatic rings. The standard InChI is InChI=1S/C17H29N3/c1-3-9-19-16(14-8-7-13(4-2)11-14)12-15-6-5-10-20-17(15)18/h5-6,10,13-14,16,19H,3-4,7-9,11-12H2,1-2H3,(H2,18,20). The summed E-state index contributed by atoms with van der Waals surface area (Å²) in [5.74, 6) is 2.42. The van der Waals surface area contributed by atoms with Gasteiger partial charge in [0.15, 0.2) is 0 Å². The van der Waals surface area contributed by atoms with Crippen molar-refractivity contribution < 1.29 is 0 Å². The molecule has 1 saturated carbocycles. The molecule has 1 aliphatic carbocycles. The molecule has 0 spiro atoms. The van der Waals surface area contributed by atoms with Gasteiger partial charge in [-0.2, -0.15) is 0 Å². The number of hydrogen-bond acceptors (Lipinski definition) is 3. The Labute approximate surface area is 123 Å². The van der Waals surface area contributed by atoms with Gasteiger partial charge < -0.3 is 11.1 Å². The summed E-state index contributed by atoms with van der Waals surface area (Å²) in [6, 6.07) is 4.67. The molecule has 0 radical (unpaired) electrons. The monoisotopic (exact) mass is 275 g/mol. The van der Waals surface area contributed by atoms with Gasteiger partial charge >= 0.3 is 0 Å². The molecule has 0 aromatic carbocycles. The van der Waals surface area contributed by atoms with Crippen molar-refractivity contribution in [2.45, 2.75) is 58.4 Å². The third kappa shape index (κ3) is 3.95. The minimum absolute atomic E-state index is 0.554. The quantitative estimate of drug-likeness (QED) is 0.802. The van der Waals surface area contributed by atoms with E-state index in [2.05, 4.69) is 30.2 Å². The Bertz CT molecular complexity index is 405. The zero-order chi connectivity index (χ0) is 14.4. The minimum atomic E-state index is 0.554. The first-order valence-electron chi connectivity index (χ1n) is 8.17. The summed E-state index contributed by atoms with van der Waals surface area (Å²) in [7, 11) is 0. The molecular weight excluding hydrogens is 246 g/mol. The molecule has 0 aliphatic heterocycles. The summed E-state index contributed by atoms with van der Waals surface area (Å²) in [5, 5.41) is 3.75. The maximum absolute atomic E-state index is 6.01. The molecule has 0 saturated heterocycles. The predicted octanol–water partition coefficient (Wildman–Crippen LogP) is 3.40. The van der Waals surface area contributed by atoms with Crippen molar-refractivity contribution in [3.63, 3.8) is 0 Å². The van der Waals surface area contributed by atoms with E-state index in [1.54, 1.807) is 6.20 Å². The molecule has 1 heterocycles. The highest BCUT2D eigenvalue weighted by Gasteiger charge is 2.30. The van der Waals surface area contributed by atoms with Crippen LogP contribution in [0.2, 0.25) is 0 Å². The molecule has 3 N–H and O–H groups in total. The van der Waals surface area contributed by atoms with E-state index < -0.39 is 0 Å². The summed E-state index contributed by atoms with van der Waals surface area (Å²) in [6.45, 7) is 5.64. The van der Waals surface area contributed by atoms with E-state index in [0.29, 0.717) is 11.9 Å². The SMILES string of the molecule is CCCNC(Cc1cccnc1N)C1CCC(CC)C1. The molecule has 0 bridgehead atoms. The van der Waals surface area contributed by atoms with Crippen LogP contribution in [-0.2, 0) is 6.42 Å². The molecule has 1 aliphatic rings. The van der Waals surface area contributed by atoms with Gasteiger partial charge in [-0.25, -0.2) is 4.98 Å². The molecule has 112 valence electrons. The number of anilines is 1. The lowest BCUT2D eigenvalue weighted by Gasteiger charge is -2.25. The second kappa shape index (κ2) is 7.63. The van der Waals surface area contributed by atoms with Crippen LogP contribution in [0.4, 0.5) is 5.82 Å². The molecule has 1 fully saturated rings. The van der Waals surface area contributed by atoms with Crippen LogP contribution in [0.1, 0.15) is 51.5 Å². The van der Waals surface area contributed by atoms with E-state index in [1.165, 1.54) is 37.7 Å².